The fraction of sp³-hybridized carbons (Fsp3) is 0.900. The minimum Gasteiger partial charge on any atom is -0.343 e. The van der Waals surface area contributed by atoms with Gasteiger partial charge in [-0.15, -0.1) is 11.6 Å². The number of carbonyl (C=O) groups excluding carboxylic acids is 1. The number of nitrogens with zero attached hydrogens (tertiary/aromatic N) is 1. The van der Waals surface area contributed by atoms with Crippen molar-refractivity contribution in [2.75, 3.05) is 19.0 Å². The van der Waals surface area contributed by atoms with Gasteiger partial charge < -0.3 is 4.90 Å². The third kappa shape index (κ3) is 5.92. The smallest absolute Gasteiger partial charge is 0.222 e. The number of halogens is 1. The average molecular weight is 206 g/mol. The van der Waals surface area contributed by atoms with Crippen LogP contribution in [0.25, 0.3) is 0 Å². The van der Waals surface area contributed by atoms with Gasteiger partial charge in [0.15, 0.2) is 0 Å². The zero-order valence-corrected chi connectivity index (χ0v) is 9.44. The maximum Gasteiger partial charge on any atom is 0.222 e. The molecule has 0 atom stereocenters. The zero-order chi connectivity index (χ0) is 10.1. The highest BCUT2D eigenvalue weighted by atomic mass is 35.5. The second-order valence-corrected chi connectivity index (χ2v) is 3.61. The van der Waals surface area contributed by atoms with Crippen LogP contribution in [0.5, 0.6) is 0 Å². The van der Waals surface area contributed by atoms with Gasteiger partial charge in [-0.1, -0.05) is 20.3 Å². The molecule has 1 amide bonds. The van der Waals surface area contributed by atoms with Crippen LogP contribution >= 0.6 is 11.6 Å². The highest BCUT2D eigenvalue weighted by Crippen LogP contribution is 2.09. The van der Waals surface area contributed by atoms with Gasteiger partial charge in [-0.25, -0.2) is 0 Å². The lowest BCUT2D eigenvalue weighted by Gasteiger charge is -2.13. The number of likely N-dealkylation sites (tertiary alicyclic amines) is 1. The first-order chi connectivity index (χ1) is 6.26. The average Bonchev–Trinajstić information content (AvgIpc) is 2.49. The van der Waals surface area contributed by atoms with E-state index < -0.39 is 0 Å². The number of hydrogen-bond acceptors (Lipinski definition) is 1. The van der Waals surface area contributed by atoms with Crippen LogP contribution in [0.15, 0.2) is 0 Å². The topological polar surface area (TPSA) is 20.3 Å². The Balaban J connectivity index is 0.000000424. The molecule has 0 aliphatic carbocycles. The van der Waals surface area contributed by atoms with E-state index in [4.69, 9.17) is 11.6 Å². The van der Waals surface area contributed by atoms with Crippen LogP contribution in [0, 0.1) is 0 Å². The van der Waals surface area contributed by atoms with Crippen molar-refractivity contribution in [2.24, 2.45) is 0 Å². The lowest BCUT2D eigenvalue weighted by molar-refractivity contribution is -0.127. The first kappa shape index (κ1) is 12.8. The summed E-state index contributed by atoms with van der Waals surface area (Å²) in [6.45, 7) is 6.04. The van der Waals surface area contributed by atoms with Crippen LogP contribution in [0.3, 0.4) is 0 Å². The van der Waals surface area contributed by atoms with Gasteiger partial charge in [0.2, 0.25) is 5.91 Å². The van der Waals surface area contributed by atoms with E-state index in [2.05, 4.69) is 13.8 Å². The maximum atomic E-state index is 11.0. The van der Waals surface area contributed by atoms with Crippen LogP contribution < -0.4 is 0 Å². The van der Waals surface area contributed by atoms with Gasteiger partial charge in [0.25, 0.3) is 0 Å². The standard InChI is InChI=1S/C7H12ClNO.C3H8/c8-4-2-6-9-5-1-3-7(9)10;1-3-2/h1-6H2;3H2,1-2H3. The van der Waals surface area contributed by atoms with Gasteiger partial charge in [-0.3, -0.25) is 4.79 Å². The number of rotatable bonds is 3. The molecule has 2 nitrogen and oxygen atoms in total. The molecule has 1 heterocycles. The fourth-order valence-electron chi connectivity index (χ4n) is 1.19. The van der Waals surface area contributed by atoms with E-state index in [1.165, 1.54) is 6.42 Å². The molecule has 0 aromatic carbocycles. The van der Waals surface area contributed by atoms with Gasteiger partial charge in [0, 0.05) is 25.4 Å². The quantitative estimate of drug-likeness (QED) is 0.649. The van der Waals surface area contributed by atoms with Gasteiger partial charge in [0.1, 0.15) is 0 Å². The summed E-state index contributed by atoms with van der Waals surface area (Å²) in [5.74, 6) is 0.953. The molecule has 0 spiro atoms. The van der Waals surface area contributed by atoms with E-state index >= 15 is 0 Å². The summed E-state index contributed by atoms with van der Waals surface area (Å²) in [4.78, 5) is 12.9. The van der Waals surface area contributed by atoms with E-state index in [9.17, 15) is 4.79 Å². The Hall–Kier alpha value is -0.240. The van der Waals surface area contributed by atoms with Crippen molar-refractivity contribution in [3.8, 4) is 0 Å². The highest BCUT2D eigenvalue weighted by molar-refractivity contribution is 6.17. The summed E-state index contributed by atoms with van der Waals surface area (Å²) < 4.78 is 0. The van der Waals surface area contributed by atoms with Crippen molar-refractivity contribution in [3.05, 3.63) is 0 Å². The molecule has 1 saturated heterocycles. The normalized spacial score (nSPS) is 15.6. The van der Waals surface area contributed by atoms with Crippen LogP contribution in [-0.2, 0) is 4.79 Å². The van der Waals surface area contributed by atoms with Gasteiger partial charge >= 0.3 is 0 Å². The second-order valence-electron chi connectivity index (χ2n) is 3.23. The molecule has 0 radical (unpaired) electrons. The third-order valence-electron chi connectivity index (χ3n) is 1.73. The van der Waals surface area contributed by atoms with Crippen molar-refractivity contribution < 1.29 is 4.79 Å². The number of amides is 1. The Kier molecular flexibility index (Phi) is 8.21. The van der Waals surface area contributed by atoms with Crippen LogP contribution in [0.4, 0.5) is 0 Å². The summed E-state index contributed by atoms with van der Waals surface area (Å²) in [6.07, 6.45) is 3.94. The number of carbonyl (C=O) groups is 1. The van der Waals surface area contributed by atoms with Gasteiger partial charge in [-0.2, -0.15) is 0 Å². The molecule has 1 aliphatic rings. The Morgan fingerprint density at radius 2 is 2.08 bits per heavy atom. The molecule has 3 heteroatoms. The molecule has 0 N–H and O–H groups in total. The Morgan fingerprint density at radius 3 is 2.46 bits per heavy atom. The largest absolute Gasteiger partial charge is 0.343 e. The summed E-state index contributed by atoms with van der Waals surface area (Å²) in [6, 6.07) is 0. The zero-order valence-electron chi connectivity index (χ0n) is 8.68. The van der Waals surface area contributed by atoms with E-state index in [0.29, 0.717) is 11.8 Å². The van der Waals surface area contributed by atoms with Crippen LogP contribution in [0.1, 0.15) is 39.5 Å². The molecule has 13 heavy (non-hydrogen) atoms. The Labute approximate surface area is 86.2 Å². The fourth-order valence-corrected chi connectivity index (χ4v) is 1.31. The molecule has 0 aromatic heterocycles. The molecular formula is C10H20ClNO. The summed E-state index contributed by atoms with van der Waals surface area (Å²) in [5, 5.41) is 0. The molecule has 1 rings (SSSR count). The lowest BCUT2D eigenvalue weighted by atomic mass is 10.4. The highest BCUT2D eigenvalue weighted by Gasteiger charge is 2.18. The molecule has 0 saturated carbocycles. The van der Waals surface area contributed by atoms with E-state index in [1.807, 2.05) is 4.90 Å². The van der Waals surface area contributed by atoms with E-state index in [-0.39, 0.29) is 0 Å². The first-order valence-corrected chi connectivity index (χ1v) is 5.63. The molecule has 1 fully saturated rings. The minimum absolute atomic E-state index is 0.296. The summed E-state index contributed by atoms with van der Waals surface area (Å²) in [7, 11) is 0. The van der Waals surface area contributed by atoms with Gasteiger partial charge in [-0.05, 0) is 12.8 Å². The van der Waals surface area contributed by atoms with Crippen LogP contribution in [0.2, 0.25) is 0 Å². The maximum absolute atomic E-state index is 11.0. The van der Waals surface area contributed by atoms with Crippen molar-refractivity contribution in [1.29, 1.82) is 0 Å². The Bertz CT molecular complexity index is 139. The second kappa shape index (κ2) is 8.36. The number of hydrogen-bond donors (Lipinski definition) is 0. The van der Waals surface area contributed by atoms with Crippen molar-refractivity contribution >= 4 is 17.5 Å². The predicted molar refractivity (Wildman–Crippen MR) is 57.1 cm³/mol. The molecule has 0 bridgehead atoms. The van der Waals surface area contributed by atoms with Crippen molar-refractivity contribution in [1.82, 2.24) is 4.90 Å². The molecule has 1 aliphatic heterocycles. The minimum atomic E-state index is 0.296. The van der Waals surface area contributed by atoms with Crippen LogP contribution in [-0.4, -0.2) is 29.8 Å². The molecule has 78 valence electrons. The third-order valence-corrected chi connectivity index (χ3v) is 2.00. The van der Waals surface area contributed by atoms with Crippen molar-refractivity contribution in [2.45, 2.75) is 39.5 Å². The first-order valence-electron chi connectivity index (χ1n) is 5.10. The predicted octanol–water partition coefficient (Wildman–Crippen LogP) is 2.65. The van der Waals surface area contributed by atoms with Crippen molar-refractivity contribution in [3.63, 3.8) is 0 Å². The number of alkyl halides is 1. The van der Waals surface area contributed by atoms with Gasteiger partial charge in [0.05, 0.1) is 0 Å². The van der Waals surface area contributed by atoms with E-state index in [0.717, 1.165) is 32.4 Å². The monoisotopic (exact) mass is 205 g/mol. The Morgan fingerprint density at radius 1 is 1.46 bits per heavy atom. The summed E-state index contributed by atoms with van der Waals surface area (Å²) >= 11 is 5.49. The molecular weight excluding hydrogens is 186 g/mol. The summed E-state index contributed by atoms with van der Waals surface area (Å²) in [5.41, 5.74) is 0. The molecule has 0 unspecified atom stereocenters. The lowest BCUT2D eigenvalue weighted by Crippen LogP contribution is -2.25. The molecule has 0 aromatic rings. The SMILES string of the molecule is CCC.O=C1CCCN1CCCCl. The van der Waals surface area contributed by atoms with E-state index in [1.54, 1.807) is 0 Å².